The molecule has 0 spiro atoms. The Morgan fingerprint density at radius 3 is 2.33 bits per heavy atom. The summed E-state index contributed by atoms with van der Waals surface area (Å²) in [7, 11) is 0. The number of carboxylic acid groups (broad SMARTS) is 1. The third kappa shape index (κ3) is 5.20. The van der Waals surface area contributed by atoms with Crippen LogP contribution in [0.1, 0.15) is 48.4 Å². The Kier molecular flexibility index (Phi) is 6.43. The van der Waals surface area contributed by atoms with Gasteiger partial charge in [0.25, 0.3) is 11.9 Å². The molecule has 0 unspecified atom stereocenters. The topological polar surface area (TPSA) is 112 Å². The van der Waals surface area contributed by atoms with Crippen molar-refractivity contribution in [3.63, 3.8) is 0 Å². The minimum absolute atomic E-state index is 0.202. The van der Waals surface area contributed by atoms with Crippen molar-refractivity contribution in [2.45, 2.75) is 38.3 Å². The fraction of sp³-hybridized carbons (Fsp3) is 0.524. The maximum Gasteiger partial charge on any atom is 0.437 e. The van der Waals surface area contributed by atoms with E-state index < -0.39 is 29.5 Å². The lowest BCUT2D eigenvalue weighted by Crippen LogP contribution is -2.36. The molecule has 2 aliphatic heterocycles. The Bertz CT molecular complexity index is 994. The Morgan fingerprint density at radius 2 is 1.76 bits per heavy atom. The van der Waals surface area contributed by atoms with Crippen LogP contribution in [0.4, 0.5) is 30.7 Å². The number of pyridine rings is 1. The first kappa shape index (κ1) is 22.9. The number of amides is 1. The Hall–Kier alpha value is -3.31. The lowest BCUT2D eigenvalue weighted by Gasteiger charge is -2.31. The Balaban J connectivity index is 1.45. The molecule has 4 rings (SSSR count). The van der Waals surface area contributed by atoms with Gasteiger partial charge in [-0.1, -0.05) is 0 Å². The number of rotatable bonds is 5. The van der Waals surface area contributed by atoms with Crippen molar-refractivity contribution in [2.75, 3.05) is 41.3 Å². The highest BCUT2D eigenvalue weighted by atomic mass is 19.4. The van der Waals surface area contributed by atoms with E-state index in [1.165, 1.54) is 12.3 Å². The number of hydrogen-bond donors (Lipinski definition) is 2. The summed E-state index contributed by atoms with van der Waals surface area (Å²) in [4.78, 5) is 35.0. The van der Waals surface area contributed by atoms with Crippen LogP contribution in [0.3, 0.4) is 0 Å². The van der Waals surface area contributed by atoms with Gasteiger partial charge in [0.15, 0.2) is 5.69 Å². The van der Waals surface area contributed by atoms with Crippen LogP contribution < -0.4 is 15.1 Å². The Labute approximate surface area is 187 Å². The molecule has 0 saturated carbocycles. The number of oxazole rings is 1. The average Bonchev–Trinajstić information content (AvgIpc) is 3.27. The number of aliphatic carboxylic acids is 1. The largest absolute Gasteiger partial charge is 0.481 e. The normalized spacial score (nSPS) is 17.8. The zero-order chi connectivity index (χ0) is 23.6. The number of halogens is 3. The molecule has 9 nitrogen and oxygen atoms in total. The van der Waals surface area contributed by atoms with Gasteiger partial charge in [-0.3, -0.25) is 9.59 Å². The van der Waals surface area contributed by atoms with Gasteiger partial charge in [0.1, 0.15) is 5.82 Å². The van der Waals surface area contributed by atoms with E-state index in [0.717, 1.165) is 19.3 Å². The number of carbonyl (C=O) groups excluding carboxylic acids is 1. The molecule has 12 heteroatoms. The fourth-order valence-corrected chi connectivity index (χ4v) is 4.07. The summed E-state index contributed by atoms with van der Waals surface area (Å²) < 4.78 is 45.7. The van der Waals surface area contributed by atoms with Crippen LogP contribution in [0.25, 0.3) is 0 Å². The van der Waals surface area contributed by atoms with Crippen molar-refractivity contribution in [3.05, 3.63) is 29.8 Å². The molecule has 0 radical (unpaired) electrons. The molecule has 2 fully saturated rings. The lowest BCUT2D eigenvalue weighted by atomic mass is 9.97. The molecule has 2 aliphatic rings. The molecule has 1 amide bonds. The number of anilines is 3. The molecule has 0 bridgehead atoms. The van der Waals surface area contributed by atoms with Crippen molar-refractivity contribution >= 4 is 29.4 Å². The molecule has 33 heavy (non-hydrogen) atoms. The van der Waals surface area contributed by atoms with Gasteiger partial charge in [-0.05, 0) is 44.2 Å². The molecule has 2 saturated heterocycles. The molecule has 2 N–H and O–H groups in total. The lowest BCUT2D eigenvalue weighted by molar-refractivity contribution is -0.142. The van der Waals surface area contributed by atoms with Gasteiger partial charge in [-0.2, -0.15) is 18.2 Å². The maximum absolute atomic E-state index is 13.5. The minimum Gasteiger partial charge on any atom is -0.481 e. The first-order valence-corrected chi connectivity index (χ1v) is 10.8. The van der Waals surface area contributed by atoms with Crippen molar-refractivity contribution in [3.8, 4) is 0 Å². The van der Waals surface area contributed by atoms with Gasteiger partial charge in [-0.25, -0.2) is 4.98 Å². The summed E-state index contributed by atoms with van der Waals surface area (Å²) in [5, 5.41) is 11.5. The summed E-state index contributed by atoms with van der Waals surface area (Å²) >= 11 is 0. The predicted octanol–water partition coefficient (Wildman–Crippen LogP) is 3.63. The summed E-state index contributed by atoms with van der Waals surface area (Å²) in [6, 6.07) is 2.95. The highest BCUT2D eigenvalue weighted by Crippen LogP contribution is 2.35. The second kappa shape index (κ2) is 9.28. The van der Waals surface area contributed by atoms with Crippen molar-refractivity contribution in [2.24, 2.45) is 5.92 Å². The van der Waals surface area contributed by atoms with Crippen LogP contribution in [0.2, 0.25) is 0 Å². The van der Waals surface area contributed by atoms with E-state index >= 15 is 0 Å². The average molecular weight is 467 g/mol. The molecule has 4 heterocycles. The zero-order valence-corrected chi connectivity index (χ0v) is 17.8. The van der Waals surface area contributed by atoms with Crippen molar-refractivity contribution in [1.29, 1.82) is 0 Å². The van der Waals surface area contributed by atoms with Gasteiger partial charge in [0.05, 0.1) is 17.8 Å². The van der Waals surface area contributed by atoms with Gasteiger partial charge >= 0.3 is 12.1 Å². The minimum atomic E-state index is -4.84. The number of carboxylic acids is 1. The predicted molar refractivity (Wildman–Crippen MR) is 112 cm³/mol. The van der Waals surface area contributed by atoms with E-state index in [9.17, 15) is 22.8 Å². The van der Waals surface area contributed by atoms with Crippen LogP contribution in [0.5, 0.6) is 0 Å². The molecule has 2 aromatic heterocycles. The molecule has 2 aromatic rings. The summed E-state index contributed by atoms with van der Waals surface area (Å²) in [5.74, 6) is -2.54. The van der Waals surface area contributed by atoms with Gasteiger partial charge in [0.2, 0.25) is 5.76 Å². The second-order valence-corrected chi connectivity index (χ2v) is 8.18. The molecule has 0 atom stereocenters. The van der Waals surface area contributed by atoms with E-state index in [1.807, 2.05) is 4.90 Å². The summed E-state index contributed by atoms with van der Waals surface area (Å²) in [6.45, 7) is 2.10. The van der Waals surface area contributed by atoms with Crippen LogP contribution in [-0.4, -0.2) is 53.1 Å². The smallest absolute Gasteiger partial charge is 0.437 e. The summed E-state index contributed by atoms with van der Waals surface area (Å²) in [5.41, 5.74) is -1.15. The van der Waals surface area contributed by atoms with E-state index in [1.54, 1.807) is 11.0 Å². The first-order valence-electron chi connectivity index (χ1n) is 10.8. The van der Waals surface area contributed by atoms with Gasteiger partial charge in [-0.15, -0.1) is 0 Å². The molecule has 0 aromatic carbocycles. The number of alkyl halides is 3. The zero-order valence-electron chi connectivity index (χ0n) is 17.8. The first-order chi connectivity index (χ1) is 15.7. The standard InChI is InChI=1S/C21H24F3N5O4/c22-21(23,24)17-16(33-20(27-17)29-8-2-1-3-9-29)18(30)26-14-4-5-15(25-12-14)28-10-6-13(7-11-28)19(31)32/h4-5,12-13H,1-3,6-11H2,(H,26,30)(H,31,32). The quantitative estimate of drug-likeness (QED) is 0.686. The number of hydrogen-bond acceptors (Lipinski definition) is 7. The van der Waals surface area contributed by atoms with Crippen molar-refractivity contribution in [1.82, 2.24) is 9.97 Å². The number of carbonyl (C=O) groups is 2. The molecular weight excluding hydrogens is 443 g/mol. The van der Waals surface area contributed by atoms with Crippen LogP contribution in [-0.2, 0) is 11.0 Å². The third-order valence-electron chi connectivity index (χ3n) is 5.89. The van der Waals surface area contributed by atoms with E-state index in [4.69, 9.17) is 9.52 Å². The van der Waals surface area contributed by atoms with Crippen LogP contribution >= 0.6 is 0 Å². The van der Waals surface area contributed by atoms with E-state index in [-0.39, 0.29) is 17.6 Å². The van der Waals surface area contributed by atoms with Crippen LogP contribution in [0, 0.1) is 5.92 Å². The number of aromatic nitrogens is 2. The van der Waals surface area contributed by atoms with Crippen molar-refractivity contribution < 1.29 is 32.3 Å². The fourth-order valence-electron chi connectivity index (χ4n) is 4.07. The number of piperidine rings is 2. The van der Waals surface area contributed by atoms with E-state index in [0.29, 0.717) is 44.8 Å². The third-order valence-corrected chi connectivity index (χ3v) is 5.89. The monoisotopic (exact) mass is 467 g/mol. The van der Waals surface area contributed by atoms with Gasteiger partial charge in [0, 0.05) is 26.2 Å². The summed E-state index contributed by atoms with van der Waals surface area (Å²) in [6.07, 6.45) is 0.118. The highest BCUT2D eigenvalue weighted by molar-refractivity contribution is 6.03. The Morgan fingerprint density at radius 1 is 1.06 bits per heavy atom. The SMILES string of the molecule is O=C(Nc1ccc(N2CCC(C(=O)O)CC2)nc1)c1oc(N2CCCCC2)nc1C(F)(F)F. The van der Waals surface area contributed by atoms with E-state index in [2.05, 4.69) is 15.3 Å². The second-order valence-electron chi connectivity index (χ2n) is 8.18. The van der Waals surface area contributed by atoms with Gasteiger partial charge < -0.3 is 24.6 Å². The molecular formula is C21H24F3N5O4. The maximum atomic E-state index is 13.5. The number of nitrogens with zero attached hydrogens (tertiary/aromatic N) is 4. The molecule has 0 aliphatic carbocycles. The number of nitrogens with one attached hydrogen (secondary N) is 1. The highest BCUT2D eigenvalue weighted by Gasteiger charge is 2.42. The van der Waals surface area contributed by atoms with Crippen LogP contribution in [0.15, 0.2) is 22.7 Å². The molecule has 178 valence electrons.